The fraction of sp³-hybridized carbons (Fsp3) is 0.250. The number of rotatable bonds is 5. The average Bonchev–Trinajstić information content (AvgIpc) is 2.89. The minimum Gasteiger partial charge on any atom is -0.318 e. The highest BCUT2D eigenvalue weighted by Crippen LogP contribution is 2.31. The number of urea groups is 1. The molecule has 6 heteroatoms. The summed E-state index contributed by atoms with van der Waals surface area (Å²) in [7, 11) is 0. The summed E-state index contributed by atoms with van der Waals surface area (Å²) in [6.45, 7) is 3.79. The Kier molecular flexibility index (Phi) is 4.75. The summed E-state index contributed by atoms with van der Waals surface area (Å²) in [6.07, 6.45) is 0.466. The van der Waals surface area contributed by atoms with Crippen molar-refractivity contribution in [3.63, 3.8) is 0 Å². The van der Waals surface area contributed by atoms with Crippen LogP contribution in [0, 0.1) is 6.92 Å². The lowest BCUT2D eigenvalue weighted by Crippen LogP contribution is -2.49. The first-order valence-electron chi connectivity index (χ1n) is 8.53. The third-order valence-corrected chi connectivity index (χ3v) is 4.61. The monoisotopic (exact) mass is 351 g/mol. The summed E-state index contributed by atoms with van der Waals surface area (Å²) >= 11 is 0. The van der Waals surface area contributed by atoms with E-state index < -0.39 is 23.4 Å². The van der Waals surface area contributed by atoms with Crippen LogP contribution in [0.5, 0.6) is 0 Å². The number of hydrogen-bond donors (Lipinski definition) is 2. The normalized spacial score (nSPS) is 19.4. The van der Waals surface area contributed by atoms with Crippen molar-refractivity contribution < 1.29 is 14.4 Å². The Morgan fingerprint density at radius 1 is 1.08 bits per heavy atom. The molecule has 26 heavy (non-hydrogen) atoms. The summed E-state index contributed by atoms with van der Waals surface area (Å²) in [4.78, 5) is 37.6. The molecular weight excluding hydrogens is 330 g/mol. The maximum absolute atomic E-state index is 12.9. The average molecular weight is 351 g/mol. The van der Waals surface area contributed by atoms with E-state index in [1.807, 2.05) is 56.3 Å². The van der Waals surface area contributed by atoms with Crippen molar-refractivity contribution in [1.29, 1.82) is 0 Å². The molecule has 0 radical (unpaired) electrons. The van der Waals surface area contributed by atoms with Gasteiger partial charge in [0.1, 0.15) is 5.54 Å². The summed E-state index contributed by atoms with van der Waals surface area (Å²) in [5.74, 6) is -0.897. The van der Waals surface area contributed by atoms with Crippen molar-refractivity contribution in [2.45, 2.75) is 32.2 Å². The lowest BCUT2D eigenvalue weighted by atomic mass is 9.87. The Balaban J connectivity index is 1.76. The molecule has 1 heterocycles. The van der Waals surface area contributed by atoms with Crippen molar-refractivity contribution in [3.8, 4) is 0 Å². The van der Waals surface area contributed by atoms with E-state index in [1.165, 1.54) is 0 Å². The Hall–Kier alpha value is -3.15. The fourth-order valence-electron chi connectivity index (χ4n) is 3.09. The van der Waals surface area contributed by atoms with Gasteiger partial charge in [0.15, 0.2) is 0 Å². The van der Waals surface area contributed by atoms with Crippen molar-refractivity contribution in [1.82, 2.24) is 15.8 Å². The van der Waals surface area contributed by atoms with Crippen LogP contribution in [0.15, 0.2) is 54.6 Å². The fourth-order valence-corrected chi connectivity index (χ4v) is 3.09. The zero-order chi connectivity index (χ0) is 18.7. The first-order valence-corrected chi connectivity index (χ1v) is 8.53. The summed E-state index contributed by atoms with van der Waals surface area (Å²) in [6, 6.07) is 15.9. The van der Waals surface area contributed by atoms with E-state index in [9.17, 15) is 14.4 Å². The Labute approximate surface area is 152 Å². The smallest absolute Gasteiger partial charge is 0.318 e. The van der Waals surface area contributed by atoms with Gasteiger partial charge in [0, 0.05) is 0 Å². The van der Waals surface area contributed by atoms with Crippen LogP contribution in [0.25, 0.3) is 0 Å². The van der Waals surface area contributed by atoms with Crippen LogP contribution >= 0.6 is 0 Å². The topological polar surface area (TPSA) is 78.5 Å². The van der Waals surface area contributed by atoms with Crippen LogP contribution in [0.1, 0.15) is 30.0 Å². The molecule has 0 aromatic heterocycles. The van der Waals surface area contributed by atoms with E-state index in [2.05, 4.69) is 10.7 Å². The van der Waals surface area contributed by atoms with E-state index in [0.29, 0.717) is 12.0 Å². The maximum Gasteiger partial charge on any atom is 0.344 e. The maximum atomic E-state index is 12.9. The minimum absolute atomic E-state index is 0.0851. The summed E-state index contributed by atoms with van der Waals surface area (Å²) in [5.41, 5.74) is 3.87. The van der Waals surface area contributed by atoms with Gasteiger partial charge >= 0.3 is 6.03 Å². The van der Waals surface area contributed by atoms with Gasteiger partial charge < -0.3 is 5.32 Å². The lowest BCUT2D eigenvalue weighted by Gasteiger charge is -2.25. The quantitative estimate of drug-likeness (QED) is 0.812. The summed E-state index contributed by atoms with van der Waals surface area (Å²) in [5, 5.41) is 3.52. The molecule has 4 amide bonds. The molecule has 0 aliphatic carbocycles. The van der Waals surface area contributed by atoms with Gasteiger partial charge in [-0.15, -0.1) is 0 Å². The van der Waals surface area contributed by atoms with Gasteiger partial charge in [-0.2, -0.15) is 5.01 Å². The largest absolute Gasteiger partial charge is 0.344 e. The molecule has 134 valence electrons. The van der Waals surface area contributed by atoms with Crippen LogP contribution in [-0.4, -0.2) is 22.9 Å². The molecule has 0 unspecified atom stereocenters. The van der Waals surface area contributed by atoms with Crippen LogP contribution in [0.2, 0.25) is 0 Å². The van der Waals surface area contributed by atoms with Gasteiger partial charge in [-0.25, -0.2) is 4.79 Å². The highest BCUT2D eigenvalue weighted by atomic mass is 16.2. The molecule has 2 aromatic carbocycles. The number of nitrogens with one attached hydrogen (secondary N) is 2. The van der Waals surface area contributed by atoms with Gasteiger partial charge in [-0.3, -0.25) is 15.0 Å². The number of carbonyl (C=O) groups excluding carboxylic acids is 3. The minimum atomic E-state index is -1.16. The molecule has 2 aromatic rings. The van der Waals surface area contributed by atoms with Crippen molar-refractivity contribution in [2.24, 2.45) is 0 Å². The second-order valence-electron chi connectivity index (χ2n) is 6.39. The molecule has 2 N–H and O–H groups in total. The number of amides is 4. The Bertz CT molecular complexity index is 833. The number of carbonyl (C=O) groups is 3. The second-order valence-corrected chi connectivity index (χ2v) is 6.39. The van der Waals surface area contributed by atoms with Crippen molar-refractivity contribution >= 4 is 17.8 Å². The van der Waals surface area contributed by atoms with Gasteiger partial charge in [0.2, 0.25) is 5.91 Å². The first kappa shape index (κ1) is 17.7. The molecule has 1 aliphatic rings. The molecule has 1 saturated heterocycles. The SMILES string of the molecule is CC[C@]1(c2ccccc2)NC(=O)N(NC(=O)Cc2ccc(C)cc2)C1=O. The zero-order valence-electron chi connectivity index (χ0n) is 14.8. The van der Waals surface area contributed by atoms with Crippen molar-refractivity contribution in [3.05, 3.63) is 71.3 Å². The van der Waals surface area contributed by atoms with E-state index in [-0.39, 0.29) is 6.42 Å². The number of nitrogens with zero attached hydrogens (tertiary/aromatic N) is 1. The molecule has 0 saturated carbocycles. The van der Waals surface area contributed by atoms with E-state index in [4.69, 9.17) is 0 Å². The third-order valence-electron chi connectivity index (χ3n) is 4.61. The predicted octanol–water partition coefficient (Wildman–Crippen LogP) is 2.43. The van der Waals surface area contributed by atoms with Gasteiger partial charge in [0.05, 0.1) is 6.42 Å². The van der Waals surface area contributed by atoms with Gasteiger partial charge in [0.25, 0.3) is 5.91 Å². The lowest BCUT2D eigenvalue weighted by molar-refractivity contribution is -0.139. The van der Waals surface area contributed by atoms with Crippen molar-refractivity contribution in [2.75, 3.05) is 0 Å². The number of hydrogen-bond acceptors (Lipinski definition) is 3. The van der Waals surface area contributed by atoms with E-state index in [0.717, 1.165) is 16.1 Å². The molecule has 1 atom stereocenters. The number of aryl methyl sites for hydroxylation is 1. The Morgan fingerprint density at radius 3 is 2.35 bits per heavy atom. The molecular formula is C20H21N3O3. The number of benzene rings is 2. The summed E-state index contributed by atoms with van der Waals surface area (Å²) < 4.78 is 0. The predicted molar refractivity (Wildman–Crippen MR) is 96.8 cm³/mol. The second kappa shape index (κ2) is 7.00. The zero-order valence-corrected chi connectivity index (χ0v) is 14.8. The highest BCUT2D eigenvalue weighted by Gasteiger charge is 2.52. The van der Waals surface area contributed by atoms with Crippen LogP contribution in [0.4, 0.5) is 4.79 Å². The molecule has 1 fully saturated rings. The van der Waals surface area contributed by atoms with Crippen LogP contribution in [-0.2, 0) is 21.5 Å². The molecule has 1 aliphatic heterocycles. The first-order chi connectivity index (χ1) is 12.5. The van der Waals surface area contributed by atoms with Crippen LogP contribution < -0.4 is 10.7 Å². The standard InChI is InChI=1S/C20H21N3O3/c1-3-20(16-7-5-4-6-8-16)18(25)23(19(26)21-20)22-17(24)13-15-11-9-14(2)10-12-15/h4-12H,3,13H2,1-2H3,(H,21,26)(H,22,24)/t20-/m1/s1. The van der Waals surface area contributed by atoms with E-state index >= 15 is 0 Å². The van der Waals surface area contributed by atoms with Crippen LogP contribution in [0.3, 0.4) is 0 Å². The highest BCUT2D eigenvalue weighted by molar-refractivity contribution is 6.08. The molecule has 0 spiro atoms. The number of hydrazine groups is 1. The van der Waals surface area contributed by atoms with Gasteiger partial charge in [-0.1, -0.05) is 67.1 Å². The van der Waals surface area contributed by atoms with Gasteiger partial charge in [-0.05, 0) is 24.5 Å². The number of imide groups is 1. The molecule has 0 bridgehead atoms. The molecule has 3 rings (SSSR count). The Morgan fingerprint density at radius 2 is 1.73 bits per heavy atom. The third kappa shape index (κ3) is 3.18. The van der Waals surface area contributed by atoms with E-state index in [1.54, 1.807) is 12.1 Å². The molecule has 6 nitrogen and oxygen atoms in total.